The highest BCUT2D eigenvalue weighted by Gasteiger charge is 2.14. The Morgan fingerprint density at radius 3 is 2.46 bits per heavy atom. The highest BCUT2D eigenvalue weighted by Crippen LogP contribution is 2.18. The molecule has 0 atom stereocenters. The summed E-state index contributed by atoms with van der Waals surface area (Å²) >= 11 is 0. The van der Waals surface area contributed by atoms with Crippen LogP contribution in [0.3, 0.4) is 0 Å². The van der Waals surface area contributed by atoms with Crippen molar-refractivity contribution < 1.29 is 13.2 Å². The predicted molar refractivity (Wildman–Crippen MR) is 99.8 cm³/mol. The average Bonchev–Trinajstić information content (AvgIpc) is 2.66. The fraction of sp³-hybridized carbons (Fsp3) is 0.158. The molecule has 1 heterocycles. The summed E-state index contributed by atoms with van der Waals surface area (Å²) < 4.78 is 27.2. The number of hydrogen-bond acceptors (Lipinski definition) is 4. The molecule has 134 valence electrons. The first-order valence-electron chi connectivity index (χ1n) is 8.19. The minimum absolute atomic E-state index is 0.0390. The van der Waals surface area contributed by atoms with Gasteiger partial charge >= 0.3 is 0 Å². The number of pyridine rings is 1. The van der Waals surface area contributed by atoms with Crippen LogP contribution in [0.2, 0.25) is 0 Å². The first-order chi connectivity index (χ1) is 12.5. The van der Waals surface area contributed by atoms with E-state index >= 15 is 0 Å². The van der Waals surface area contributed by atoms with Crippen LogP contribution in [0.5, 0.6) is 0 Å². The molecule has 0 aliphatic heterocycles. The van der Waals surface area contributed by atoms with E-state index < -0.39 is 10.0 Å². The maximum absolute atomic E-state index is 12.4. The van der Waals surface area contributed by atoms with Crippen molar-refractivity contribution in [3.05, 3.63) is 72.6 Å². The van der Waals surface area contributed by atoms with Gasteiger partial charge in [0.15, 0.2) is 0 Å². The minimum Gasteiger partial charge on any atom is -0.352 e. The second kappa shape index (κ2) is 8.07. The Morgan fingerprint density at radius 1 is 0.962 bits per heavy atom. The van der Waals surface area contributed by atoms with Crippen LogP contribution in [0.25, 0.3) is 10.8 Å². The van der Waals surface area contributed by atoms with Gasteiger partial charge in [0.1, 0.15) is 0 Å². The van der Waals surface area contributed by atoms with Crippen LogP contribution in [0, 0.1) is 0 Å². The average molecular weight is 369 g/mol. The summed E-state index contributed by atoms with van der Waals surface area (Å²) in [5, 5.41) is 4.57. The van der Waals surface area contributed by atoms with E-state index in [4.69, 9.17) is 0 Å². The lowest BCUT2D eigenvalue weighted by molar-refractivity contribution is -0.121. The van der Waals surface area contributed by atoms with Gasteiger partial charge in [-0.3, -0.25) is 9.78 Å². The highest BCUT2D eigenvalue weighted by atomic mass is 32.2. The summed E-state index contributed by atoms with van der Waals surface area (Å²) in [6.45, 7) is 0.427. The fourth-order valence-corrected chi connectivity index (χ4v) is 3.57. The molecule has 0 bridgehead atoms. The molecule has 0 saturated heterocycles. The number of fused-ring (bicyclic) bond motifs is 1. The maximum atomic E-state index is 12.4. The number of hydrogen-bond donors (Lipinski definition) is 2. The van der Waals surface area contributed by atoms with Crippen LogP contribution in [-0.2, 0) is 21.4 Å². The van der Waals surface area contributed by atoms with Gasteiger partial charge in [0, 0.05) is 31.9 Å². The third-order valence-electron chi connectivity index (χ3n) is 3.91. The Bertz CT molecular complexity index is 1000. The maximum Gasteiger partial charge on any atom is 0.240 e. The van der Waals surface area contributed by atoms with E-state index in [1.54, 1.807) is 30.6 Å². The Morgan fingerprint density at radius 2 is 1.69 bits per heavy atom. The summed E-state index contributed by atoms with van der Waals surface area (Å²) in [6, 6.07) is 16.1. The Labute approximate surface area is 152 Å². The molecule has 7 heteroatoms. The summed E-state index contributed by atoms with van der Waals surface area (Å²) in [6.07, 6.45) is 3.37. The van der Waals surface area contributed by atoms with Gasteiger partial charge in [-0.2, -0.15) is 0 Å². The number of carbonyl (C=O) groups is 1. The normalized spacial score (nSPS) is 11.4. The quantitative estimate of drug-likeness (QED) is 0.668. The zero-order chi connectivity index (χ0) is 18.4. The molecule has 0 aliphatic rings. The van der Waals surface area contributed by atoms with Crippen LogP contribution in [-0.4, -0.2) is 25.9 Å². The fourth-order valence-electron chi connectivity index (χ4n) is 2.51. The molecule has 0 radical (unpaired) electrons. The summed E-state index contributed by atoms with van der Waals surface area (Å²) in [4.78, 5) is 15.9. The van der Waals surface area contributed by atoms with E-state index in [1.807, 2.05) is 36.4 Å². The zero-order valence-corrected chi connectivity index (χ0v) is 14.9. The van der Waals surface area contributed by atoms with Gasteiger partial charge in [-0.05, 0) is 40.6 Å². The number of nitrogens with one attached hydrogen (secondary N) is 2. The van der Waals surface area contributed by atoms with Crippen LogP contribution >= 0.6 is 0 Å². The second-order valence-corrected chi connectivity index (χ2v) is 7.56. The summed E-state index contributed by atoms with van der Waals surface area (Å²) in [7, 11) is -3.65. The number of nitrogens with zero attached hydrogens (tertiary/aromatic N) is 1. The molecule has 0 aliphatic carbocycles. The van der Waals surface area contributed by atoms with E-state index in [2.05, 4.69) is 15.0 Å². The number of benzene rings is 2. The van der Waals surface area contributed by atoms with Crippen LogP contribution in [0.1, 0.15) is 12.0 Å². The largest absolute Gasteiger partial charge is 0.352 e. The molecule has 2 N–H and O–H groups in total. The topological polar surface area (TPSA) is 88.2 Å². The van der Waals surface area contributed by atoms with Crippen molar-refractivity contribution >= 4 is 26.7 Å². The molecule has 1 amide bonds. The molecule has 6 nitrogen and oxygen atoms in total. The lowest BCUT2D eigenvalue weighted by atomic mass is 10.1. The second-order valence-electron chi connectivity index (χ2n) is 5.79. The van der Waals surface area contributed by atoms with Crippen molar-refractivity contribution in [3.63, 3.8) is 0 Å². The van der Waals surface area contributed by atoms with Gasteiger partial charge in [0.2, 0.25) is 15.9 Å². The minimum atomic E-state index is -3.65. The summed E-state index contributed by atoms with van der Waals surface area (Å²) in [5.41, 5.74) is 0.935. The Balaban J connectivity index is 1.53. The molecular weight excluding hydrogens is 350 g/mol. The van der Waals surface area contributed by atoms with Crippen molar-refractivity contribution in [2.24, 2.45) is 0 Å². The van der Waals surface area contributed by atoms with Gasteiger partial charge in [0.05, 0.1) is 4.90 Å². The van der Waals surface area contributed by atoms with Gasteiger partial charge in [-0.1, -0.05) is 30.3 Å². The molecule has 2 aromatic carbocycles. The molecule has 3 rings (SSSR count). The third-order valence-corrected chi connectivity index (χ3v) is 5.37. The number of amides is 1. The van der Waals surface area contributed by atoms with Crippen LogP contribution < -0.4 is 10.0 Å². The molecule has 0 saturated carbocycles. The van der Waals surface area contributed by atoms with E-state index in [-0.39, 0.29) is 23.8 Å². The van der Waals surface area contributed by atoms with Crippen molar-refractivity contribution in [1.29, 1.82) is 0 Å². The first kappa shape index (κ1) is 18.0. The van der Waals surface area contributed by atoms with E-state index in [0.29, 0.717) is 6.54 Å². The molecule has 26 heavy (non-hydrogen) atoms. The van der Waals surface area contributed by atoms with Crippen LogP contribution in [0.4, 0.5) is 0 Å². The van der Waals surface area contributed by atoms with E-state index in [1.165, 1.54) is 0 Å². The van der Waals surface area contributed by atoms with Crippen molar-refractivity contribution in [2.75, 3.05) is 6.54 Å². The third kappa shape index (κ3) is 4.65. The predicted octanol–water partition coefficient (Wildman–Crippen LogP) is 2.22. The lowest BCUT2D eigenvalue weighted by Crippen LogP contribution is -2.30. The SMILES string of the molecule is O=C(CCNS(=O)(=O)c1ccc2ccccc2c1)NCc1ccncc1. The zero-order valence-electron chi connectivity index (χ0n) is 14.1. The molecule has 0 unspecified atom stereocenters. The van der Waals surface area contributed by atoms with Gasteiger partial charge in [-0.25, -0.2) is 13.1 Å². The molecule has 0 spiro atoms. The number of carbonyl (C=O) groups excluding carboxylic acids is 1. The monoisotopic (exact) mass is 369 g/mol. The number of aromatic nitrogens is 1. The van der Waals surface area contributed by atoms with Crippen LogP contribution in [0.15, 0.2) is 71.9 Å². The van der Waals surface area contributed by atoms with Gasteiger partial charge in [-0.15, -0.1) is 0 Å². The molecular formula is C19H19N3O3S. The van der Waals surface area contributed by atoms with E-state index in [0.717, 1.165) is 16.3 Å². The van der Waals surface area contributed by atoms with E-state index in [9.17, 15) is 13.2 Å². The molecule has 0 fully saturated rings. The standard InChI is InChI=1S/C19H19N3O3S/c23-19(21-14-15-7-10-20-11-8-15)9-12-22-26(24,25)18-6-5-16-3-1-2-4-17(16)13-18/h1-8,10-11,13,22H,9,12,14H2,(H,21,23). The van der Waals surface area contributed by atoms with Crippen molar-refractivity contribution in [1.82, 2.24) is 15.0 Å². The smallest absolute Gasteiger partial charge is 0.240 e. The lowest BCUT2D eigenvalue weighted by Gasteiger charge is -2.08. The molecule has 3 aromatic rings. The first-order valence-corrected chi connectivity index (χ1v) is 9.67. The van der Waals surface area contributed by atoms with Gasteiger partial charge < -0.3 is 5.32 Å². The van der Waals surface area contributed by atoms with Gasteiger partial charge in [0.25, 0.3) is 0 Å². The highest BCUT2D eigenvalue weighted by molar-refractivity contribution is 7.89. The van der Waals surface area contributed by atoms with Crippen molar-refractivity contribution in [2.45, 2.75) is 17.9 Å². The summed E-state index contributed by atoms with van der Waals surface area (Å²) in [5.74, 6) is -0.219. The Hall–Kier alpha value is -2.77. The number of sulfonamides is 1. The van der Waals surface area contributed by atoms with Crippen molar-refractivity contribution in [3.8, 4) is 0 Å². The Kier molecular flexibility index (Phi) is 5.60. The number of rotatable bonds is 7. The molecule has 1 aromatic heterocycles.